The minimum Gasteiger partial charge on any atom is -0.304 e. The summed E-state index contributed by atoms with van der Waals surface area (Å²) in [5.41, 5.74) is 1.94. The van der Waals surface area contributed by atoms with Crippen molar-refractivity contribution in [3.8, 4) is 0 Å². The Hall–Kier alpha value is -1.72. The third-order valence-corrected chi connectivity index (χ3v) is 8.46. The van der Waals surface area contributed by atoms with E-state index < -0.39 is 0 Å². The quantitative estimate of drug-likeness (QED) is 0.693. The van der Waals surface area contributed by atoms with Crippen molar-refractivity contribution in [1.29, 1.82) is 0 Å². The summed E-state index contributed by atoms with van der Waals surface area (Å²) in [6.45, 7) is 6.32. The Labute approximate surface area is 193 Å². The summed E-state index contributed by atoms with van der Waals surface area (Å²) in [4.78, 5) is 26.9. The van der Waals surface area contributed by atoms with Crippen molar-refractivity contribution in [1.82, 2.24) is 9.80 Å². The van der Waals surface area contributed by atoms with E-state index in [9.17, 15) is 4.79 Å². The van der Waals surface area contributed by atoms with E-state index in [1.807, 2.05) is 0 Å². The zero-order valence-electron chi connectivity index (χ0n) is 20.1. The second-order valence-corrected chi connectivity index (χ2v) is 10.7. The van der Waals surface area contributed by atoms with Gasteiger partial charge in [0.2, 0.25) is 5.91 Å². The van der Waals surface area contributed by atoms with Gasteiger partial charge in [-0.3, -0.25) is 19.6 Å². The summed E-state index contributed by atoms with van der Waals surface area (Å²) in [6.07, 6.45) is 11.8. The summed E-state index contributed by atoms with van der Waals surface area (Å²) in [7, 11) is 2.21. The van der Waals surface area contributed by atoms with Crippen molar-refractivity contribution >= 4 is 17.4 Å². The highest BCUT2D eigenvalue weighted by Crippen LogP contribution is 2.49. The average Bonchev–Trinajstić information content (AvgIpc) is 3.03. The number of benzene rings is 1. The van der Waals surface area contributed by atoms with Gasteiger partial charge in [-0.15, -0.1) is 0 Å². The monoisotopic (exact) mass is 436 g/mol. The van der Waals surface area contributed by atoms with Gasteiger partial charge in [0.15, 0.2) is 0 Å². The van der Waals surface area contributed by atoms with Gasteiger partial charge in [0.25, 0.3) is 0 Å². The fraction of sp³-hybridized carbons (Fsp3) is 0.704. The molecule has 0 aromatic heterocycles. The number of carbonyl (C=O) groups is 1. The van der Waals surface area contributed by atoms with Crippen LogP contribution in [0.5, 0.6) is 0 Å². The molecule has 4 aliphatic rings. The van der Waals surface area contributed by atoms with Gasteiger partial charge in [0.1, 0.15) is 5.84 Å². The van der Waals surface area contributed by atoms with Gasteiger partial charge in [-0.25, -0.2) is 0 Å². The van der Waals surface area contributed by atoms with Crippen LogP contribution in [-0.2, 0) is 4.79 Å². The Kier molecular flexibility index (Phi) is 6.39. The first-order valence-electron chi connectivity index (χ1n) is 13.0. The predicted molar refractivity (Wildman–Crippen MR) is 131 cm³/mol. The van der Waals surface area contributed by atoms with Crippen LogP contribution in [0.25, 0.3) is 0 Å². The van der Waals surface area contributed by atoms with Crippen molar-refractivity contribution in [2.75, 3.05) is 38.1 Å². The first-order valence-corrected chi connectivity index (χ1v) is 13.0. The molecule has 5 heteroatoms. The van der Waals surface area contributed by atoms with E-state index in [1.54, 1.807) is 0 Å². The maximum absolute atomic E-state index is 14.3. The molecule has 5 nitrogen and oxygen atoms in total. The zero-order valence-corrected chi connectivity index (χ0v) is 20.1. The molecule has 32 heavy (non-hydrogen) atoms. The fourth-order valence-corrected chi connectivity index (χ4v) is 6.54. The van der Waals surface area contributed by atoms with Gasteiger partial charge in [0.05, 0.1) is 23.2 Å². The normalized spacial score (nSPS) is 29.3. The number of nitrogens with zero attached hydrogens (tertiary/aromatic N) is 4. The Morgan fingerprint density at radius 1 is 0.875 bits per heavy atom. The Bertz CT molecular complexity index is 828. The molecule has 4 fully saturated rings. The number of carbonyl (C=O) groups excluding carboxylic acids is 1. The van der Waals surface area contributed by atoms with E-state index >= 15 is 0 Å². The molecule has 174 valence electrons. The van der Waals surface area contributed by atoms with Crippen LogP contribution in [0, 0.1) is 12.3 Å². The largest absolute Gasteiger partial charge is 0.304 e. The minimum absolute atomic E-state index is 0.132. The number of hydrogen-bond donors (Lipinski definition) is 0. The van der Waals surface area contributed by atoms with Crippen LogP contribution in [0.1, 0.15) is 69.8 Å². The van der Waals surface area contributed by atoms with Crippen molar-refractivity contribution < 1.29 is 4.79 Å². The molecule has 1 aromatic carbocycles. The highest BCUT2D eigenvalue weighted by molar-refractivity contribution is 6.27. The van der Waals surface area contributed by atoms with E-state index in [-0.39, 0.29) is 11.5 Å². The lowest BCUT2D eigenvalue weighted by molar-refractivity contribution is -0.130. The van der Waals surface area contributed by atoms with Crippen LogP contribution in [-0.4, -0.2) is 66.9 Å². The number of anilines is 1. The molecule has 0 bridgehead atoms. The first-order chi connectivity index (χ1) is 15.6. The average molecular weight is 437 g/mol. The lowest BCUT2D eigenvalue weighted by Gasteiger charge is -2.44. The maximum Gasteiger partial charge on any atom is 0.240 e. The number of aliphatic imine (C=N–C) groups is 1. The SMILES string of the molecule is Cc1ccc(N2C(=O)C3(CCCCC3)[C@H](N3CCN(C)CC3)C2=NC2CCCCC2)cc1. The van der Waals surface area contributed by atoms with Crippen molar-refractivity contribution in [2.24, 2.45) is 10.4 Å². The van der Waals surface area contributed by atoms with Crippen molar-refractivity contribution in [3.05, 3.63) is 29.8 Å². The Morgan fingerprint density at radius 3 is 2.16 bits per heavy atom. The third-order valence-electron chi connectivity index (χ3n) is 8.46. The standard InChI is InChI=1S/C27H40N4O/c1-21-11-13-23(14-12-21)31-25(28-22-9-5-3-6-10-22)24(30-19-17-29(2)18-20-30)27(26(31)32)15-7-4-8-16-27/h11-14,22,24H,3-10,15-20H2,1-2H3/t24-/m1/s1. The molecule has 1 amide bonds. The van der Waals surface area contributed by atoms with Crippen LogP contribution < -0.4 is 4.90 Å². The molecule has 2 aliphatic carbocycles. The van der Waals surface area contributed by atoms with Crippen molar-refractivity contribution in [3.63, 3.8) is 0 Å². The van der Waals surface area contributed by atoms with Crippen molar-refractivity contribution in [2.45, 2.75) is 83.2 Å². The number of likely N-dealkylation sites (N-methyl/N-ethyl adjacent to an activating group) is 1. The second-order valence-electron chi connectivity index (χ2n) is 10.7. The van der Waals surface area contributed by atoms with E-state index in [2.05, 4.69) is 52.9 Å². The first kappa shape index (κ1) is 22.1. The minimum atomic E-state index is -0.299. The summed E-state index contributed by atoms with van der Waals surface area (Å²) in [6, 6.07) is 9.04. The van der Waals surface area contributed by atoms with Crippen LogP contribution in [0.3, 0.4) is 0 Å². The maximum atomic E-state index is 14.3. The lowest BCUT2D eigenvalue weighted by Crippen LogP contribution is -2.57. The number of aryl methyl sites for hydroxylation is 1. The Balaban J connectivity index is 1.60. The van der Waals surface area contributed by atoms with Gasteiger partial charge in [0, 0.05) is 26.2 Å². The molecular weight excluding hydrogens is 396 g/mol. The van der Waals surface area contributed by atoms with Gasteiger partial charge in [-0.2, -0.15) is 0 Å². The van der Waals surface area contributed by atoms with Gasteiger partial charge >= 0.3 is 0 Å². The summed E-state index contributed by atoms with van der Waals surface area (Å²) in [5, 5.41) is 0. The van der Waals surface area contributed by atoms with Gasteiger partial charge in [-0.05, 0) is 51.8 Å². The van der Waals surface area contributed by atoms with Crippen LogP contribution in [0.4, 0.5) is 5.69 Å². The molecule has 2 heterocycles. The summed E-state index contributed by atoms with van der Waals surface area (Å²) < 4.78 is 0. The number of amides is 1. The van der Waals surface area contributed by atoms with Gasteiger partial charge < -0.3 is 4.90 Å². The highest BCUT2D eigenvalue weighted by Gasteiger charge is 2.60. The van der Waals surface area contributed by atoms with Crippen LogP contribution >= 0.6 is 0 Å². The number of amidine groups is 1. The summed E-state index contributed by atoms with van der Waals surface area (Å²) in [5.74, 6) is 1.39. The fourth-order valence-electron chi connectivity index (χ4n) is 6.54. The van der Waals surface area contributed by atoms with Crippen LogP contribution in [0.2, 0.25) is 0 Å². The molecular formula is C27H40N4O. The lowest BCUT2D eigenvalue weighted by atomic mass is 9.69. The molecule has 0 radical (unpaired) electrons. The van der Waals surface area contributed by atoms with E-state index in [0.717, 1.165) is 63.4 Å². The molecule has 2 saturated carbocycles. The molecule has 0 N–H and O–H groups in total. The topological polar surface area (TPSA) is 39.2 Å². The number of piperazine rings is 1. The molecule has 2 saturated heterocycles. The molecule has 1 atom stereocenters. The number of hydrogen-bond acceptors (Lipinski definition) is 4. The Morgan fingerprint density at radius 2 is 1.50 bits per heavy atom. The third kappa shape index (κ3) is 4.03. The smallest absolute Gasteiger partial charge is 0.240 e. The van der Waals surface area contributed by atoms with Crippen LogP contribution in [0.15, 0.2) is 29.3 Å². The van der Waals surface area contributed by atoms with Gasteiger partial charge in [-0.1, -0.05) is 56.2 Å². The predicted octanol–water partition coefficient (Wildman–Crippen LogP) is 4.64. The molecule has 5 rings (SSSR count). The molecule has 1 aromatic rings. The summed E-state index contributed by atoms with van der Waals surface area (Å²) >= 11 is 0. The molecule has 2 aliphatic heterocycles. The second kappa shape index (κ2) is 9.26. The molecule has 1 spiro atoms. The van der Waals surface area contributed by atoms with E-state index in [4.69, 9.17) is 4.99 Å². The highest BCUT2D eigenvalue weighted by atomic mass is 16.2. The van der Waals surface area contributed by atoms with E-state index in [1.165, 1.54) is 44.1 Å². The molecule has 0 unspecified atom stereocenters. The van der Waals surface area contributed by atoms with E-state index in [0.29, 0.717) is 11.9 Å². The number of rotatable bonds is 3. The zero-order chi connectivity index (χ0) is 22.1.